The van der Waals surface area contributed by atoms with Gasteiger partial charge in [0.2, 0.25) is 0 Å². The Bertz CT molecular complexity index is 1260. The molecule has 164 valence electrons. The first kappa shape index (κ1) is 20.3. The first-order valence-electron chi connectivity index (χ1n) is 11.0. The van der Waals surface area contributed by atoms with E-state index in [2.05, 4.69) is 10.3 Å². The number of aromatic amines is 1. The van der Waals surface area contributed by atoms with Crippen LogP contribution in [0, 0.1) is 0 Å². The molecule has 2 N–H and O–H groups in total. The number of benzene rings is 2. The van der Waals surface area contributed by atoms with Gasteiger partial charge in [0.15, 0.2) is 5.54 Å². The van der Waals surface area contributed by atoms with Crippen LogP contribution in [-0.2, 0) is 16.8 Å². The number of urea groups is 1. The number of anilines is 1. The number of nitrogens with one attached hydrogen (secondary N) is 2. The average molecular weight is 431 g/mol. The molecular formula is C25H26N4O3. The van der Waals surface area contributed by atoms with Crippen molar-refractivity contribution < 1.29 is 14.4 Å². The molecule has 1 aromatic heterocycles. The molecule has 1 saturated heterocycles. The summed E-state index contributed by atoms with van der Waals surface area (Å²) in [5.74, 6) is -0.531. The summed E-state index contributed by atoms with van der Waals surface area (Å²) in [6.07, 6.45) is 1.49. The van der Waals surface area contributed by atoms with E-state index in [0.717, 1.165) is 28.6 Å². The minimum Gasteiger partial charge on any atom is -0.356 e. The van der Waals surface area contributed by atoms with Gasteiger partial charge in [-0.3, -0.25) is 9.59 Å². The molecule has 4 amide bonds. The molecule has 0 radical (unpaired) electrons. The van der Waals surface area contributed by atoms with Gasteiger partial charge in [0.1, 0.15) is 0 Å². The SMILES string of the molecule is CCC(C)NC(=O)c1cccc(N2C(=O)N3CCc4c([nH]c5ccccc45)C3(C)C2=O)c1. The standard InChI is InChI=1S/C25H26N4O3/c1-4-15(2)26-22(30)16-8-7-9-17(14-16)29-23(31)25(3)21-19(12-13-28(25)24(29)32)18-10-5-6-11-20(18)27-21/h5-11,14-15,27H,4,12-13H2,1-3H3,(H,26,30). The lowest BCUT2D eigenvalue weighted by Gasteiger charge is -2.35. The van der Waals surface area contributed by atoms with Crippen LogP contribution in [-0.4, -0.2) is 40.3 Å². The average Bonchev–Trinajstić information content (AvgIpc) is 3.27. The Balaban J connectivity index is 1.55. The zero-order valence-electron chi connectivity index (χ0n) is 18.4. The third-order valence-corrected chi connectivity index (χ3v) is 6.82. The van der Waals surface area contributed by atoms with Gasteiger partial charge in [-0.15, -0.1) is 0 Å². The Kier molecular flexibility index (Phi) is 4.58. The van der Waals surface area contributed by atoms with Gasteiger partial charge in [-0.05, 0) is 56.5 Å². The molecule has 5 rings (SSSR count). The molecule has 2 aliphatic heterocycles. The first-order valence-corrected chi connectivity index (χ1v) is 11.0. The molecule has 3 heterocycles. The largest absolute Gasteiger partial charge is 0.356 e. The third-order valence-electron chi connectivity index (χ3n) is 6.82. The minimum atomic E-state index is -1.11. The number of para-hydroxylation sites is 1. The zero-order valence-corrected chi connectivity index (χ0v) is 18.4. The summed E-state index contributed by atoms with van der Waals surface area (Å²) in [7, 11) is 0. The van der Waals surface area contributed by atoms with Gasteiger partial charge in [0.05, 0.1) is 11.4 Å². The molecule has 0 bridgehead atoms. The van der Waals surface area contributed by atoms with E-state index >= 15 is 0 Å². The summed E-state index contributed by atoms with van der Waals surface area (Å²) >= 11 is 0. The molecule has 0 spiro atoms. The Morgan fingerprint density at radius 2 is 1.97 bits per heavy atom. The van der Waals surface area contributed by atoms with Crippen molar-refractivity contribution in [2.24, 2.45) is 0 Å². The number of imide groups is 1. The maximum absolute atomic E-state index is 13.8. The lowest BCUT2D eigenvalue weighted by atomic mass is 9.87. The summed E-state index contributed by atoms with van der Waals surface area (Å²) in [4.78, 5) is 46.0. The van der Waals surface area contributed by atoms with E-state index in [9.17, 15) is 14.4 Å². The van der Waals surface area contributed by atoms with Gasteiger partial charge < -0.3 is 15.2 Å². The summed E-state index contributed by atoms with van der Waals surface area (Å²) in [5.41, 5.74) is 2.54. The van der Waals surface area contributed by atoms with Crippen LogP contribution in [0.2, 0.25) is 0 Å². The second kappa shape index (κ2) is 7.22. The Hall–Kier alpha value is -3.61. The number of carbonyl (C=O) groups excluding carboxylic acids is 3. The highest BCUT2D eigenvalue weighted by molar-refractivity contribution is 6.24. The highest BCUT2D eigenvalue weighted by Gasteiger charge is 2.59. The predicted molar refractivity (Wildman–Crippen MR) is 123 cm³/mol. The monoisotopic (exact) mass is 430 g/mol. The van der Waals surface area contributed by atoms with Crippen LogP contribution in [0.1, 0.15) is 48.8 Å². The van der Waals surface area contributed by atoms with E-state index in [4.69, 9.17) is 0 Å². The minimum absolute atomic E-state index is 0.0366. The second-order valence-electron chi connectivity index (χ2n) is 8.75. The number of hydrogen-bond donors (Lipinski definition) is 2. The molecule has 7 heteroatoms. The number of carbonyl (C=O) groups is 3. The van der Waals surface area contributed by atoms with Crippen LogP contribution < -0.4 is 10.2 Å². The second-order valence-corrected chi connectivity index (χ2v) is 8.75. The van der Waals surface area contributed by atoms with Crippen LogP contribution in [0.4, 0.5) is 10.5 Å². The number of hydrogen-bond acceptors (Lipinski definition) is 3. The Morgan fingerprint density at radius 1 is 1.19 bits per heavy atom. The van der Waals surface area contributed by atoms with E-state index in [1.165, 1.54) is 4.90 Å². The lowest BCUT2D eigenvalue weighted by molar-refractivity contribution is -0.125. The molecule has 7 nitrogen and oxygen atoms in total. The normalized spacial score (nSPS) is 21.0. The van der Waals surface area contributed by atoms with Crippen LogP contribution in [0.25, 0.3) is 10.9 Å². The number of amides is 4. The van der Waals surface area contributed by atoms with Crippen LogP contribution in [0.15, 0.2) is 48.5 Å². The number of fused-ring (bicyclic) bond motifs is 5. The summed E-state index contributed by atoms with van der Waals surface area (Å²) in [5, 5.41) is 4.02. The maximum Gasteiger partial charge on any atom is 0.332 e. The number of aromatic nitrogens is 1. The van der Waals surface area contributed by atoms with Crippen molar-refractivity contribution in [2.75, 3.05) is 11.4 Å². The van der Waals surface area contributed by atoms with Gasteiger partial charge in [-0.2, -0.15) is 0 Å². The van der Waals surface area contributed by atoms with Gasteiger partial charge >= 0.3 is 6.03 Å². The smallest absolute Gasteiger partial charge is 0.332 e. The summed E-state index contributed by atoms with van der Waals surface area (Å²) in [6, 6.07) is 14.3. The van der Waals surface area contributed by atoms with Gasteiger partial charge in [0.25, 0.3) is 11.8 Å². The van der Waals surface area contributed by atoms with Gasteiger partial charge in [-0.25, -0.2) is 9.69 Å². The van der Waals surface area contributed by atoms with Crippen molar-refractivity contribution in [1.82, 2.24) is 15.2 Å². The highest BCUT2D eigenvalue weighted by Crippen LogP contribution is 2.45. The molecular weight excluding hydrogens is 404 g/mol. The van der Waals surface area contributed by atoms with E-state index in [0.29, 0.717) is 24.2 Å². The molecule has 0 aliphatic carbocycles. The summed E-state index contributed by atoms with van der Waals surface area (Å²) in [6.45, 7) is 6.20. The quantitative estimate of drug-likeness (QED) is 0.615. The molecule has 2 atom stereocenters. The van der Waals surface area contributed by atoms with Crippen molar-refractivity contribution in [3.05, 3.63) is 65.4 Å². The summed E-state index contributed by atoms with van der Waals surface area (Å²) < 4.78 is 0. The van der Waals surface area contributed by atoms with Gasteiger partial charge in [-0.1, -0.05) is 31.2 Å². The van der Waals surface area contributed by atoms with Crippen LogP contribution in [0.5, 0.6) is 0 Å². The van der Waals surface area contributed by atoms with Crippen molar-refractivity contribution in [3.63, 3.8) is 0 Å². The molecule has 2 aromatic carbocycles. The molecule has 2 unspecified atom stereocenters. The molecule has 32 heavy (non-hydrogen) atoms. The number of H-pyrrole nitrogens is 1. The van der Waals surface area contributed by atoms with Crippen molar-refractivity contribution in [3.8, 4) is 0 Å². The number of rotatable bonds is 4. The van der Waals surface area contributed by atoms with Crippen LogP contribution in [0.3, 0.4) is 0 Å². The van der Waals surface area contributed by atoms with E-state index in [-0.39, 0.29) is 23.9 Å². The van der Waals surface area contributed by atoms with Gasteiger partial charge in [0, 0.05) is 29.1 Å². The fraction of sp³-hybridized carbons (Fsp3) is 0.320. The molecule has 1 fully saturated rings. The van der Waals surface area contributed by atoms with E-state index in [1.807, 2.05) is 38.1 Å². The molecule has 2 aliphatic rings. The lowest BCUT2D eigenvalue weighted by Crippen LogP contribution is -2.49. The number of nitrogens with zero attached hydrogens (tertiary/aromatic N) is 2. The maximum atomic E-state index is 13.8. The van der Waals surface area contributed by atoms with Crippen molar-refractivity contribution >= 4 is 34.4 Å². The van der Waals surface area contributed by atoms with Crippen LogP contribution >= 0.6 is 0 Å². The Morgan fingerprint density at radius 3 is 2.75 bits per heavy atom. The molecule has 0 saturated carbocycles. The van der Waals surface area contributed by atoms with E-state index in [1.54, 1.807) is 36.1 Å². The fourth-order valence-electron chi connectivity index (χ4n) is 4.82. The molecule has 3 aromatic rings. The van der Waals surface area contributed by atoms with Crippen molar-refractivity contribution in [2.45, 2.75) is 45.2 Å². The first-order chi connectivity index (χ1) is 15.4. The Labute approximate surface area is 186 Å². The fourth-order valence-corrected chi connectivity index (χ4v) is 4.82. The zero-order chi connectivity index (χ0) is 22.6. The van der Waals surface area contributed by atoms with Crippen molar-refractivity contribution in [1.29, 1.82) is 0 Å². The topological polar surface area (TPSA) is 85.5 Å². The predicted octanol–water partition coefficient (Wildman–Crippen LogP) is 3.94. The third kappa shape index (κ3) is 2.77. The highest BCUT2D eigenvalue weighted by atomic mass is 16.2. The van der Waals surface area contributed by atoms with E-state index < -0.39 is 5.54 Å².